The molecule has 3 heteroatoms. The van der Waals surface area contributed by atoms with E-state index >= 15 is 0 Å². The number of rotatable bonds is 1. The van der Waals surface area contributed by atoms with Crippen LogP contribution in [0, 0.1) is 0 Å². The minimum absolute atomic E-state index is 0. The van der Waals surface area contributed by atoms with Gasteiger partial charge in [-0.05, 0) is 27.7 Å². The zero-order chi connectivity index (χ0) is 8.43. The summed E-state index contributed by atoms with van der Waals surface area (Å²) in [6.45, 7) is 11.4. The Morgan fingerprint density at radius 3 is 1.83 bits per heavy atom. The molecule has 1 N–H and O–H groups in total. The molecule has 2 nitrogen and oxygen atoms in total. The first-order valence-corrected chi connectivity index (χ1v) is 4.61. The van der Waals surface area contributed by atoms with Gasteiger partial charge >= 0.3 is 0 Å². The Morgan fingerprint density at radius 1 is 1.17 bits per heavy atom. The number of piperazine rings is 1. The average Bonchev–Trinajstić information content (AvgIpc) is 1.85. The van der Waals surface area contributed by atoms with Gasteiger partial charge in [0.05, 0.1) is 0 Å². The van der Waals surface area contributed by atoms with Crippen molar-refractivity contribution in [3.63, 3.8) is 0 Å². The SMILES string of the molecule is CC(C)N1C(C)CNCC1C.Cl. The minimum Gasteiger partial charge on any atom is -0.314 e. The van der Waals surface area contributed by atoms with Crippen molar-refractivity contribution >= 4 is 12.4 Å². The standard InChI is InChI=1S/C9H20N2.ClH/c1-7(2)11-8(3)5-10-6-9(11)4;/h7-10H,5-6H2,1-4H3;1H. The second-order valence-corrected chi connectivity index (χ2v) is 3.90. The van der Waals surface area contributed by atoms with E-state index in [-0.39, 0.29) is 12.4 Å². The van der Waals surface area contributed by atoms with Crippen molar-refractivity contribution in [3.8, 4) is 0 Å². The van der Waals surface area contributed by atoms with Crippen molar-refractivity contribution in [2.75, 3.05) is 13.1 Å². The van der Waals surface area contributed by atoms with Gasteiger partial charge in [-0.15, -0.1) is 12.4 Å². The molecule has 0 aromatic rings. The van der Waals surface area contributed by atoms with Crippen LogP contribution >= 0.6 is 12.4 Å². The maximum Gasteiger partial charge on any atom is 0.0198 e. The fourth-order valence-corrected chi connectivity index (χ4v) is 2.16. The average molecular weight is 193 g/mol. The fraction of sp³-hybridized carbons (Fsp3) is 1.00. The molecule has 2 atom stereocenters. The highest BCUT2D eigenvalue weighted by Crippen LogP contribution is 2.12. The summed E-state index contributed by atoms with van der Waals surface area (Å²) in [6, 6.07) is 2.07. The van der Waals surface area contributed by atoms with Gasteiger partial charge in [0.1, 0.15) is 0 Å². The molecule has 1 aliphatic rings. The number of hydrogen-bond donors (Lipinski definition) is 1. The van der Waals surface area contributed by atoms with E-state index in [0.29, 0.717) is 18.1 Å². The lowest BCUT2D eigenvalue weighted by molar-refractivity contribution is 0.0827. The Bertz CT molecular complexity index is 118. The summed E-state index contributed by atoms with van der Waals surface area (Å²) in [4.78, 5) is 2.58. The van der Waals surface area contributed by atoms with Crippen LogP contribution in [0.2, 0.25) is 0 Å². The molecule has 0 aromatic carbocycles. The van der Waals surface area contributed by atoms with Crippen LogP contribution in [0.25, 0.3) is 0 Å². The topological polar surface area (TPSA) is 15.3 Å². The van der Waals surface area contributed by atoms with Crippen LogP contribution in [-0.2, 0) is 0 Å². The van der Waals surface area contributed by atoms with Gasteiger partial charge in [0.25, 0.3) is 0 Å². The predicted octanol–water partition coefficient (Wildman–Crippen LogP) is 1.50. The summed E-state index contributed by atoms with van der Waals surface area (Å²) in [6.07, 6.45) is 0. The van der Waals surface area contributed by atoms with Crippen molar-refractivity contribution < 1.29 is 0 Å². The third-order valence-electron chi connectivity index (χ3n) is 2.49. The van der Waals surface area contributed by atoms with E-state index in [0.717, 1.165) is 13.1 Å². The van der Waals surface area contributed by atoms with Crippen LogP contribution in [0.1, 0.15) is 27.7 Å². The van der Waals surface area contributed by atoms with Crippen LogP contribution in [0.3, 0.4) is 0 Å². The second-order valence-electron chi connectivity index (χ2n) is 3.90. The van der Waals surface area contributed by atoms with E-state index in [2.05, 4.69) is 37.9 Å². The van der Waals surface area contributed by atoms with Crippen molar-refractivity contribution in [1.82, 2.24) is 10.2 Å². The summed E-state index contributed by atoms with van der Waals surface area (Å²) in [7, 11) is 0. The molecule has 0 radical (unpaired) electrons. The van der Waals surface area contributed by atoms with E-state index in [4.69, 9.17) is 0 Å². The van der Waals surface area contributed by atoms with E-state index in [9.17, 15) is 0 Å². The highest BCUT2D eigenvalue weighted by molar-refractivity contribution is 5.85. The third-order valence-corrected chi connectivity index (χ3v) is 2.49. The Hall–Kier alpha value is 0.210. The number of nitrogens with zero attached hydrogens (tertiary/aromatic N) is 1. The van der Waals surface area contributed by atoms with Crippen molar-refractivity contribution in [2.45, 2.75) is 45.8 Å². The molecule has 1 fully saturated rings. The third kappa shape index (κ3) is 2.61. The molecule has 1 rings (SSSR count). The smallest absolute Gasteiger partial charge is 0.0198 e. The first kappa shape index (κ1) is 12.2. The maximum absolute atomic E-state index is 3.43. The van der Waals surface area contributed by atoms with Gasteiger partial charge in [0.15, 0.2) is 0 Å². The zero-order valence-electron chi connectivity index (χ0n) is 8.50. The molecular formula is C9H21ClN2. The summed E-state index contributed by atoms with van der Waals surface area (Å²) in [5.41, 5.74) is 0. The molecule has 1 heterocycles. The molecule has 0 bridgehead atoms. The summed E-state index contributed by atoms with van der Waals surface area (Å²) in [5, 5.41) is 3.43. The molecule has 1 saturated heterocycles. The number of halogens is 1. The van der Waals surface area contributed by atoms with Gasteiger partial charge in [-0.25, -0.2) is 0 Å². The minimum atomic E-state index is 0. The molecule has 0 amide bonds. The molecule has 2 unspecified atom stereocenters. The number of nitrogens with one attached hydrogen (secondary N) is 1. The second kappa shape index (κ2) is 5.05. The highest BCUT2D eigenvalue weighted by atomic mass is 35.5. The zero-order valence-corrected chi connectivity index (χ0v) is 9.32. The van der Waals surface area contributed by atoms with Crippen molar-refractivity contribution in [1.29, 1.82) is 0 Å². The molecule has 0 aromatic heterocycles. The Labute approximate surface area is 82.1 Å². The number of hydrogen-bond acceptors (Lipinski definition) is 2. The van der Waals surface area contributed by atoms with Gasteiger partial charge in [-0.1, -0.05) is 0 Å². The van der Waals surface area contributed by atoms with Crippen LogP contribution in [0.4, 0.5) is 0 Å². The maximum atomic E-state index is 3.43. The summed E-state index contributed by atoms with van der Waals surface area (Å²) < 4.78 is 0. The van der Waals surface area contributed by atoms with Gasteiger partial charge in [-0.2, -0.15) is 0 Å². The van der Waals surface area contributed by atoms with Gasteiger partial charge in [-0.3, -0.25) is 4.90 Å². The predicted molar refractivity (Wildman–Crippen MR) is 56.0 cm³/mol. The Balaban J connectivity index is 0.00000121. The van der Waals surface area contributed by atoms with Crippen LogP contribution in [0.15, 0.2) is 0 Å². The van der Waals surface area contributed by atoms with E-state index in [1.54, 1.807) is 0 Å². The lowest BCUT2D eigenvalue weighted by Crippen LogP contribution is -2.57. The normalized spacial score (nSPS) is 31.8. The lowest BCUT2D eigenvalue weighted by Gasteiger charge is -2.42. The Kier molecular flexibility index (Phi) is 5.14. The van der Waals surface area contributed by atoms with Crippen LogP contribution in [0.5, 0.6) is 0 Å². The molecule has 0 saturated carbocycles. The summed E-state index contributed by atoms with van der Waals surface area (Å²) in [5.74, 6) is 0. The van der Waals surface area contributed by atoms with Gasteiger partial charge in [0, 0.05) is 31.2 Å². The fourth-order valence-electron chi connectivity index (χ4n) is 2.16. The van der Waals surface area contributed by atoms with E-state index in [1.165, 1.54) is 0 Å². The molecule has 0 aliphatic carbocycles. The first-order chi connectivity index (χ1) is 5.13. The molecular weight excluding hydrogens is 172 g/mol. The lowest BCUT2D eigenvalue weighted by atomic mass is 10.1. The van der Waals surface area contributed by atoms with E-state index < -0.39 is 0 Å². The highest BCUT2D eigenvalue weighted by Gasteiger charge is 2.25. The first-order valence-electron chi connectivity index (χ1n) is 4.61. The van der Waals surface area contributed by atoms with Gasteiger partial charge in [0.2, 0.25) is 0 Å². The monoisotopic (exact) mass is 192 g/mol. The molecule has 74 valence electrons. The molecule has 1 aliphatic heterocycles. The van der Waals surface area contributed by atoms with Crippen LogP contribution < -0.4 is 5.32 Å². The quantitative estimate of drug-likeness (QED) is 0.678. The summed E-state index contributed by atoms with van der Waals surface area (Å²) >= 11 is 0. The van der Waals surface area contributed by atoms with Gasteiger partial charge < -0.3 is 5.32 Å². The molecule has 0 spiro atoms. The van der Waals surface area contributed by atoms with Crippen molar-refractivity contribution in [2.24, 2.45) is 0 Å². The molecule has 12 heavy (non-hydrogen) atoms. The van der Waals surface area contributed by atoms with E-state index in [1.807, 2.05) is 0 Å². The van der Waals surface area contributed by atoms with Crippen molar-refractivity contribution in [3.05, 3.63) is 0 Å². The van der Waals surface area contributed by atoms with Crippen LogP contribution in [-0.4, -0.2) is 36.1 Å². The largest absolute Gasteiger partial charge is 0.314 e. The Morgan fingerprint density at radius 2 is 1.58 bits per heavy atom.